The molecule has 70 heavy (non-hydrogen) atoms. The SMILES string of the molecule is Brc1cc2oc3cc(Br)c4ccccc4c3c2c2ccccc12.c1ccc(N(c2ccccc2)c2cc3oc4cc(N(c5ccccc5)c5ccccc5)c5ccccc5c4c3c3ccccc23)cc1. The molecule has 0 aliphatic rings. The predicted molar refractivity (Wildman–Crippen MR) is 302 cm³/mol. The molecule has 12 aromatic carbocycles. The van der Waals surface area contributed by atoms with Gasteiger partial charge in [0.15, 0.2) is 0 Å². The third-order valence-electron chi connectivity index (χ3n) is 13.4. The Bertz CT molecular complexity index is 3920. The van der Waals surface area contributed by atoms with E-state index >= 15 is 0 Å². The highest BCUT2D eigenvalue weighted by molar-refractivity contribution is 9.11. The summed E-state index contributed by atoms with van der Waals surface area (Å²) < 4.78 is 15.2. The van der Waals surface area contributed by atoms with Crippen LogP contribution in [0.5, 0.6) is 0 Å². The first-order valence-electron chi connectivity index (χ1n) is 23.3. The van der Waals surface area contributed by atoms with Gasteiger partial charge in [0.25, 0.3) is 0 Å². The normalized spacial score (nSPS) is 11.6. The minimum Gasteiger partial charge on any atom is -0.456 e. The number of hydrogen-bond acceptors (Lipinski definition) is 4. The number of halogens is 2. The van der Waals surface area contributed by atoms with Crippen LogP contribution in [0.2, 0.25) is 0 Å². The maximum atomic E-state index is 6.94. The lowest BCUT2D eigenvalue weighted by atomic mass is 9.96. The summed E-state index contributed by atoms with van der Waals surface area (Å²) in [5.74, 6) is 0. The molecular weight excluding hydrogens is 989 g/mol. The van der Waals surface area contributed by atoms with Crippen molar-refractivity contribution in [3.05, 3.63) is 252 Å². The number of para-hydroxylation sites is 4. The van der Waals surface area contributed by atoms with Gasteiger partial charge in [0, 0.05) is 76.1 Å². The number of anilines is 6. The molecule has 6 heteroatoms. The van der Waals surface area contributed by atoms with Crippen LogP contribution >= 0.6 is 31.9 Å². The third-order valence-corrected chi connectivity index (χ3v) is 14.7. The van der Waals surface area contributed by atoms with Gasteiger partial charge in [0.1, 0.15) is 22.3 Å². The van der Waals surface area contributed by atoms with E-state index in [1.165, 1.54) is 43.1 Å². The molecule has 0 aliphatic heterocycles. The molecule has 2 heterocycles. The Morgan fingerprint density at radius 3 is 0.771 bits per heavy atom. The summed E-state index contributed by atoms with van der Waals surface area (Å²) in [5.41, 5.74) is 10.1. The van der Waals surface area contributed by atoms with E-state index in [4.69, 9.17) is 8.83 Å². The van der Waals surface area contributed by atoms with Gasteiger partial charge in [-0.15, -0.1) is 0 Å². The summed E-state index contributed by atoms with van der Waals surface area (Å²) in [6, 6.07) is 85.1. The van der Waals surface area contributed by atoms with Crippen LogP contribution in [0.15, 0.2) is 260 Å². The molecule has 0 saturated carbocycles. The van der Waals surface area contributed by atoms with E-state index < -0.39 is 0 Å². The molecule has 0 unspecified atom stereocenters. The first-order valence-corrected chi connectivity index (χ1v) is 24.9. The first kappa shape index (κ1) is 42.0. The van der Waals surface area contributed by atoms with Crippen molar-refractivity contribution in [2.45, 2.75) is 0 Å². The Labute approximate surface area is 420 Å². The second-order valence-corrected chi connectivity index (χ2v) is 19.1. The highest BCUT2D eigenvalue weighted by atomic mass is 79.9. The lowest BCUT2D eigenvalue weighted by Crippen LogP contribution is -2.10. The van der Waals surface area contributed by atoms with E-state index in [0.717, 1.165) is 86.9 Å². The molecule has 0 bridgehead atoms. The number of benzene rings is 12. The zero-order valence-corrected chi connectivity index (χ0v) is 40.7. The Morgan fingerprint density at radius 1 is 0.243 bits per heavy atom. The molecule has 0 atom stereocenters. The van der Waals surface area contributed by atoms with Gasteiger partial charge in [-0.3, -0.25) is 0 Å². The minimum absolute atomic E-state index is 0.860. The summed E-state index contributed by atoms with van der Waals surface area (Å²) in [7, 11) is 0. The van der Waals surface area contributed by atoms with Gasteiger partial charge in [-0.1, -0.05) is 202 Å². The van der Waals surface area contributed by atoms with Crippen LogP contribution in [0.4, 0.5) is 34.1 Å². The average Bonchev–Trinajstić information content (AvgIpc) is 3.99. The molecule has 0 amide bonds. The summed E-state index contributed by atoms with van der Waals surface area (Å²) in [4.78, 5) is 4.65. The molecule has 14 aromatic rings. The number of hydrogen-bond donors (Lipinski definition) is 0. The highest BCUT2D eigenvalue weighted by Crippen LogP contribution is 2.49. The van der Waals surface area contributed by atoms with Gasteiger partial charge in [0.2, 0.25) is 0 Å². The van der Waals surface area contributed by atoms with Crippen molar-refractivity contribution in [3.63, 3.8) is 0 Å². The van der Waals surface area contributed by atoms with E-state index in [1.807, 2.05) is 0 Å². The summed E-state index contributed by atoms with van der Waals surface area (Å²) in [5, 5.41) is 14.1. The fourth-order valence-electron chi connectivity index (χ4n) is 10.4. The van der Waals surface area contributed by atoms with Crippen LogP contribution in [0.25, 0.3) is 87.0 Å². The topological polar surface area (TPSA) is 32.8 Å². The number of rotatable bonds is 6. The van der Waals surface area contributed by atoms with E-state index in [-0.39, 0.29) is 0 Å². The smallest absolute Gasteiger partial charge is 0.138 e. The number of fused-ring (bicyclic) bond motifs is 14. The monoisotopic (exact) mass is 1030 g/mol. The lowest BCUT2D eigenvalue weighted by Gasteiger charge is -2.27. The largest absolute Gasteiger partial charge is 0.456 e. The van der Waals surface area contributed by atoms with Crippen molar-refractivity contribution in [1.82, 2.24) is 0 Å². The third kappa shape index (κ3) is 7.02. The van der Waals surface area contributed by atoms with Crippen molar-refractivity contribution < 1.29 is 8.83 Å². The molecule has 2 aromatic heterocycles. The second-order valence-electron chi connectivity index (χ2n) is 17.4. The quantitative estimate of drug-likeness (QED) is 0.166. The average molecular weight is 1030 g/mol. The summed E-state index contributed by atoms with van der Waals surface area (Å²) >= 11 is 7.34. The van der Waals surface area contributed by atoms with E-state index in [2.05, 4.69) is 284 Å². The number of furan rings is 2. The van der Waals surface area contributed by atoms with Gasteiger partial charge < -0.3 is 18.6 Å². The molecular formula is C64H40Br2N2O2. The fraction of sp³-hybridized carbons (Fsp3) is 0. The summed E-state index contributed by atoms with van der Waals surface area (Å²) in [6.45, 7) is 0. The van der Waals surface area contributed by atoms with Gasteiger partial charge in [-0.05, 0) is 93.0 Å². The molecule has 0 radical (unpaired) electrons. The Kier molecular flexibility index (Phi) is 10.4. The van der Waals surface area contributed by atoms with Crippen LogP contribution in [0.3, 0.4) is 0 Å². The molecule has 0 spiro atoms. The zero-order valence-electron chi connectivity index (χ0n) is 37.6. The standard InChI is InChI=1S/C44H30N2O.C20H10Br2O/c1-5-17-31(18-6-1)45(32-19-7-2-8-20-32)39-29-41-43(37-27-15-13-25-35(37)39)44-38-28-16-14-26-36(38)40(30-42(44)47-41)46(33-21-9-3-10-22-33)34-23-11-4-12-24-34;21-15-9-17-19(13-7-3-1-5-11(13)15)20-14-8-4-2-6-12(14)16(22)10-18(20)23-17/h1-30H;1-10H. The van der Waals surface area contributed by atoms with Crippen LogP contribution in [0.1, 0.15) is 0 Å². The van der Waals surface area contributed by atoms with Crippen LogP contribution in [-0.4, -0.2) is 0 Å². The molecule has 0 N–H and O–H groups in total. The first-order chi connectivity index (χ1) is 34.6. The van der Waals surface area contributed by atoms with Gasteiger partial charge in [-0.25, -0.2) is 0 Å². The van der Waals surface area contributed by atoms with Crippen molar-refractivity contribution in [1.29, 1.82) is 0 Å². The second kappa shape index (κ2) is 17.4. The Morgan fingerprint density at radius 2 is 0.471 bits per heavy atom. The van der Waals surface area contributed by atoms with E-state index in [1.54, 1.807) is 0 Å². The molecule has 0 fully saturated rings. The highest BCUT2D eigenvalue weighted by Gasteiger charge is 2.24. The van der Waals surface area contributed by atoms with Gasteiger partial charge >= 0.3 is 0 Å². The van der Waals surface area contributed by atoms with Gasteiger partial charge in [-0.2, -0.15) is 0 Å². The van der Waals surface area contributed by atoms with Crippen molar-refractivity contribution in [3.8, 4) is 0 Å². The fourth-order valence-corrected chi connectivity index (χ4v) is 11.5. The molecule has 332 valence electrons. The Balaban J connectivity index is 0.000000174. The Hall–Kier alpha value is -8.16. The van der Waals surface area contributed by atoms with Crippen molar-refractivity contribution in [2.75, 3.05) is 9.80 Å². The molecule has 14 rings (SSSR count). The van der Waals surface area contributed by atoms with E-state index in [9.17, 15) is 0 Å². The van der Waals surface area contributed by atoms with Crippen LogP contribution < -0.4 is 9.80 Å². The maximum absolute atomic E-state index is 6.94. The minimum atomic E-state index is 0.860. The zero-order chi connectivity index (χ0) is 46.7. The van der Waals surface area contributed by atoms with Crippen molar-refractivity contribution in [2.24, 2.45) is 0 Å². The maximum Gasteiger partial charge on any atom is 0.138 e. The predicted octanol–water partition coefficient (Wildman–Crippen LogP) is 20.2. The molecule has 0 aliphatic carbocycles. The van der Waals surface area contributed by atoms with Crippen LogP contribution in [-0.2, 0) is 0 Å². The van der Waals surface area contributed by atoms with Crippen molar-refractivity contribution >= 4 is 153 Å². The number of nitrogens with zero attached hydrogens (tertiary/aromatic N) is 2. The van der Waals surface area contributed by atoms with E-state index in [0.29, 0.717) is 0 Å². The lowest BCUT2D eigenvalue weighted by molar-refractivity contribution is 0.669. The molecule has 4 nitrogen and oxygen atoms in total. The van der Waals surface area contributed by atoms with Gasteiger partial charge in [0.05, 0.1) is 11.4 Å². The summed E-state index contributed by atoms with van der Waals surface area (Å²) in [6.07, 6.45) is 0. The van der Waals surface area contributed by atoms with Crippen LogP contribution in [0, 0.1) is 0 Å². The molecule has 0 saturated heterocycles.